The van der Waals surface area contributed by atoms with Gasteiger partial charge in [0.2, 0.25) is 0 Å². The zero-order valence-electron chi connectivity index (χ0n) is 13.5. The van der Waals surface area contributed by atoms with E-state index in [2.05, 4.69) is 26.3 Å². The van der Waals surface area contributed by atoms with Gasteiger partial charge >= 0.3 is 11.9 Å². The van der Waals surface area contributed by atoms with Gasteiger partial charge in [0.25, 0.3) is 0 Å². The maximum Gasteiger partial charge on any atom is 0.306 e. The van der Waals surface area contributed by atoms with E-state index in [1.807, 2.05) is 0 Å². The van der Waals surface area contributed by atoms with Crippen LogP contribution >= 0.6 is 0 Å². The van der Waals surface area contributed by atoms with Crippen molar-refractivity contribution >= 4 is 11.9 Å². The number of esters is 2. The standard InChI is InChI=1S/C15H28N2O4/c1-16-8-4-5-13(11-16)12-17(9-6-14(18)20-2)10-7-15(19)21-3/h13H,4-12H2,1-3H3. The Morgan fingerprint density at radius 3 is 2.19 bits per heavy atom. The van der Waals surface area contributed by atoms with Crippen LogP contribution in [0.25, 0.3) is 0 Å². The SMILES string of the molecule is COC(=O)CCN(CCC(=O)OC)CC1CCCN(C)C1. The zero-order chi connectivity index (χ0) is 15.7. The number of likely N-dealkylation sites (tertiary alicyclic amines) is 1. The average molecular weight is 300 g/mol. The number of hydrogen-bond acceptors (Lipinski definition) is 6. The number of nitrogens with zero attached hydrogens (tertiary/aromatic N) is 2. The van der Waals surface area contributed by atoms with Crippen LogP contribution in [-0.2, 0) is 19.1 Å². The third-order valence-corrected chi connectivity index (χ3v) is 3.96. The molecule has 0 aromatic heterocycles. The molecule has 0 bridgehead atoms. The van der Waals surface area contributed by atoms with Gasteiger partial charge < -0.3 is 19.3 Å². The molecular weight excluding hydrogens is 272 g/mol. The van der Waals surface area contributed by atoms with Crippen LogP contribution in [0.1, 0.15) is 25.7 Å². The predicted molar refractivity (Wildman–Crippen MR) is 79.9 cm³/mol. The summed E-state index contributed by atoms with van der Waals surface area (Å²) in [6.07, 6.45) is 3.14. The molecule has 21 heavy (non-hydrogen) atoms. The molecule has 1 fully saturated rings. The van der Waals surface area contributed by atoms with Gasteiger partial charge in [-0.05, 0) is 32.4 Å². The number of piperidine rings is 1. The van der Waals surface area contributed by atoms with E-state index in [1.54, 1.807) is 0 Å². The van der Waals surface area contributed by atoms with Crippen molar-refractivity contribution in [1.82, 2.24) is 9.80 Å². The third kappa shape index (κ3) is 7.43. The summed E-state index contributed by atoms with van der Waals surface area (Å²) in [6, 6.07) is 0. The molecule has 0 aliphatic carbocycles. The number of methoxy groups -OCH3 is 2. The molecule has 122 valence electrons. The topological polar surface area (TPSA) is 59.1 Å². The first-order valence-corrected chi connectivity index (χ1v) is 7.59. The van der Waals surface area contributed by atoms with Crippen LogP contribution in [0.2, 0.25) is 0 Å². The van der Waals surface area contributed by atoms with Gasteiger partial charge in [0.05, 0.1) is 27.1 Å². The van der Waals surface area contributed by atoms with Gasteiger partial charge in [-0.1, -0.05) is 0 Å². The summed E-state index contributed by atoms with van der Waals surface area (Å²) in [6.45, 7) is 4.40. The molecule has 1 aliphatic rings. The average Bonchev–Trinajstić information content (AvgIpc) is 2.49. The third-order valence-electron chi connectivity index (χ3n) is 3.96. The highest BCUT2D eigenvalue weighted by atomic mass is 16.5. The summed E-state index contributed by atoms with van der Waals surface area (Å²) >= 11 is 0. The van der Waals surface area contributed by atoms with E-state index < -0.39 is 0 Å². The van der Waals surface area contributed by atoms with Crippen molar-refractivity contribution in [3.05, 3.63) is 0 Å². The highest BCUT2D eigenvalue weighted by molar-refractivity contribution is 5.70. The van der Waals surface area contributed by atoms with E-state index in [4.69, 9.17) is 0 Å². The molecule has 1 unspecified atom stereocenters. The highest BCUT2D eigenvalue weighted by Gasteiger charge is 2.21. The van der Waals surface area contributed by atoms with Crippen LogP contribution in [0, 0.1) is 5.92 Å². The van der Waals surface area contributed by atoms with E-state index in [-0.39, 0.29) is 11.9 Å². The van der Waals surface area contributed by atoms with Gasteiger partial charge in [-0.3, -0.25) is 9.59 Å². The van der Waals surface area contributed by atoms with E-state index >= 15 is 0 Å². The monoisotopic (exact) mass is 300 g/mol. The second-order valence-electron chi connectivity index (χ2n) is 5.72. The molecular formula is C15H28N2O4. The number of carbonyl (C=O) groups is 2. The fourth-order valence-corrected chi connectivity index (χ4v) is 2.78. The summed E-state index contributed by atoms with van der Waals surface area (Å²) in [5.41, 5.74) is 0. The van der Waals surface area contributed by atoms with Gasteiger partial charge in [-0.25, -0.2) is 0 Å². The minimum atomic E-state index is -0.209. The van der Waals surface area contributed by atoms with Crippen molar-refractivity contribution in [2.24, 2.45) is 5.92 Å². The molecule has 0 aromatic carbocycles. The maximum absolute atomic E-state index is 11.3. The first-order valence-electron chi connectivity index (χ1n) is 7.59. The molecule has 1 aliphatic heterocycles. The number of carbonyl (C=O) groups excluding carboxylic acids is 2. The Hall–Kier alpha value is -1.14. The second kappa shape index (κ2) is 9.73. The van der Waals surface area contributed by atoms with E-state index in [0.29, 0.717) is 31.8 Å². The molecule has 0 N–H and O–H groups in total. The molecule has 0 spiro atoms. The quantitative estimate of drug-likeness (QED) is 0.617. The lowest BCUT2D eigenvalue weighted by atomic mass is 9.97. The van der Waals surface area contributed by atoms with Crippen LogP contribution in [0.4, 0.5) is 0 Å². The number of rotatable bonds is 8. The Labute approximate surface area is 127 Å². The molecule has 6 heteroatoms. The van der Waals surface area contributed by atoms with Crippen LogP contribution in [0.15, 0.2) is 0 Å². The largest absolute Gasteiger partial charge is 0.469 e. The Bertz CT molecular complexity index is 316. The fraction of sp³-hybridized carbons (Fsp3) is 0.867. The van der Waals surface area contributed by atoms with Gasteiger partial charge in [-0.15, -0.1) is 0 Å². The Balaban J connectivity index is 2.45. The summed E-state index contributed by atoms with van der Waals surface area (Å²) in [4.78, 5) is 27.1. The molecule has 0 radical (unpaired) electrons. The van der Waals surface area contributed by atoms with E-state index in [1.165, 1.54) is 27.1 Å². The maximum atomic E-state index is 11.3. The molecule has 6 nitrogen and oxygen atoms in total. The van der Waals surface area contributed by atoms with Crippen molar-refractivity contribution < 1.29 is 19.1 Å². The summed E-state index contributed by atoms with van der Waals surface area (Å²) < 4.78 is 9.38. The van der Waals surface area contributed by atoms with Crippen LogP contribution in [0.5, 0.6) is 0 Å². The fourth-order valence-electron chi connectivity index (χ4n) is 2.78. The molecule has 1 saturated heterocycles. The van der Waals surface area contributed by atoms with E-state index in [0.717, 1.165) is 19.6 Å². The predicted octanol–water partition coefficient (Wildman–Crippen LogP) is 0.756. The summed E-state index contributed by atoms with van der Waals surface area (Å²) in [5.74, 6) is 0.178. The van der Waals surface area contributed by atoms with Crippen molar-refractivity contribution in [1.29, 1.82) is 0 Å². The van der Waals surface area contributed by atoms with Gasteiger partial charge in [0, 0.05) is 26.2 Å². The Kier molecular flexibility index (Phi) is 8.30. The van der Waals surface area contributed by atoms with Crippen molar-refractivity contribution in [3.63, 3.8) is 0 Å². The summed E-state index contributed by atoms with van der Waals surface area (Å²) in [7, 11) is 4.94. The highest BCUT2D eigenvalue weighted by Crippen LogP contribution is 2.16. The second-order valence-corrected chi connectivity index (χ2v) is 5.72. The van der Waals surface area contributed by atoms with Gasteiger partial charge in [0.1, 0.15) is 0 Å². The van der Waals surface area contributed by atoms with Crippen LogP contribution in [-0.4, -0.2) is 75.7 Å². The molecule has 1 atom stereocenters. The first kappa shape index (κ1) is 17.9. The van der Waals surface area contributed by atoms with Crippen molar-refractivity contribution in [2.45, 2.75) is 25.7 Å². The lowest BCUT2D eigenvalue weighted by Crippen LogP contribution is -2.40. The van der Waals surface area contributed by atoms with Crippen molar-refractivity contribution in [2.75, 3.05) is 54.0 Å². The summed E-state index contributed by atoms with van der Waals surface area (Å²) in [5, 5.41) is 0. The smallest absolute Gasteiger partial charge is 0.306 e. The Morgan fingerprint density at radius 2 is 1.71 bits per heavy atom. The van der Waals surface area contributed by atoms with Crippen LogP contribution < -0.4 is 0 Å². The molecule has 0 amide bonds. The van der Waals surface area contributed by atoms with E-state index in [9.17, 15) is 9.59 Å². The van der Waals surface area contributed by atoms with Gasteiger partial charge in [-0.2, -0.15) is 0 Å². The normalized spacial score (nSPS) is 19.5. The minimum Gasteiger partial charge on any atom is -0.469 e. The molecule has 0 saturated carbocycles. The minimum absolute atomic E-state index is 0.209. The lowest BCUT2D eigenvalue weighted by molar-refractivity contribution is -0.141. The van der Waals surface area contributed by atoms with Crippen LogP contribution in [0.3, 0.4) is 0 Å². The zero-order valence-corrected chi connectivity index (χ0v) is 13.5. The molecule has 1 heterocycles. The Morgan fingerprint density at radius 1 is 1.14 bits per heavy atom. The number of hydrogen-bond donors (Lipinski definition) is 0. The number of ether oxygens (including phenoxy) is 2. The molecule has 1 rings (SSSR count). The van der Waals surface area contributed by atoms with Crippen molar-refractivity contribution in [3.8, 4) is 0 Å². The van der Waals surface area contributed by atoms with Gasteiger partial charge in [0.15, 0.2) is 0 Å². The lowest BCUT2D eigenvalue weighted by Gasteiger charge is -2.33. The first-order chi connectivity index (χ1) is 10.0. The molecule has 0 aromatic rings.